The molecule has 0 atom stereocenters. The third kappa shape index (κ3) is 4.28. The third-order valence-electron chi connectivity index (χ3n) is 3.73. The summed E-state index contributed by atoms with van der Waals surface area (Å²) in [6.45, 7) is 2.25. The van der Waals surface area contributed by atoms with Gasteiger partial charge in [0.05, 0.1) is 30.1 Å². The summed E-state index contributed by atoms with van der Waals surface area (Å²) in [6, 6.07) is 3.81. The molecule has 0 unspecified atom stereocenters. The van der Waals surface area contributed by atoms with Gasteiger partial charge in [-0.05, 0) is 44.7 Å². The smallest absolute Gasteiger partial charge is 0.308 e. The van der Waals surface area contributed by atoms with Gasteiger partial charge < -0.3 is 14.3 Å². The predicted octanol–water partition coefficient (Wildman–Crippen LogP) is 3.00. The number of hydrogen-bond donors (Lipinski definition) is 1. The van der Waals surface area contributed by atoms with Gasteiger partial charge in [-0.3, -0.25) is 4.79 Å². The summed E-state index contributed by atoms with van der Waals surface area (Å²) in [7, 11) is 0. The number of rotatable bonds is 6. The quantitative estimate of drug-likeness (QED) is 0.818. The normalized spacial score (nSPS) is 26.4. The van der Waals surface area contributed by atoms with E-state index in [-0.39, 0.29) is 11.9 Å². The molecule has 0 spiro atoms. The van der Waals surface area contributed by atoms with E-state index in [0.717, 1.165) is 24.4 Å². The Balaban J connectivity index is 1.72. The van der Waals surface area contributed by atoms with Crippen LogP contribution >= 0.6 is 11.8 Å². The van der Waals surface area contributed by atoms with E-state index in [1.54, 1.807) is 18.0 Å². The summed E-state index contributed by atoms with van der Waals surface area (Å²) in [5, 5.41) is 10.5. The van der Waals surface area contributed by atoms with Crippen molar-refractivity contribution in [3.05, 3.63) is 24.2 Å². The molecule has 5 heteroatoms. The summed E-state index contributed by atoms with van der Waals surface area (Å²) in [4.78, 5) is 11.7. The summed E-state index contributed by atoms with van der Waals surface area (Å²) in [6.07, 6.45) is 4.44. The summed E-state index contributed by atoms with van der Waals surface area (Å²) in [5.41, 5.74) is -0.653. The molecule has 1 aliphatic carbocycles. The molecule has 20 heavy (non-hydrogen) atoms. The highest BCUT2D eigenvalue weighted by atomic mass is 32.2. The molecule has 1 heterocycles. The van der Waals surface area contributed by atoms with Gasteiger partial charge in [-0.1, -0.05) is 0 Å². The minimum Gasteiger partial charge on any atom is -0.468 e. The molecule has 1 aromatic rings. The molecule has 1 saturated carbocycles. The number of furan rings is 1. The largest absolute Gasteiger partial charge is 0.468 e. The molecule has 0 aliphatic heterocycles. The number of esters is 1. The minimum atomic E-state index is -0.653. The van der Waals surface area contributed by atoms with Crippen LogP contribution in [0.3, 0.4) is 0 Å². The second-order valence-corrected chi connectivity index (χ2v) is 6.31. The van der Waals surface area contributed by atoms with E-state index in [9.17, 15) is 9.90 Å². The zero-order chi connectivity index (χ0) is 14.4. The monoisotopic (exact) mass is 298 g/mol. The van der Waals surface area contributed by atoms with Crippen LogP contribution in [0.4, 0.5) is 0 Å². The maximum Gasteiger partial charge on any atom is 0.308 e. The SMILES string of the molecule is CCOC(=O)C1CCC(O)(CSCc2ccco2)CC1. The van der Waals surface area contributed by atoms with Crippen LogP contribution in [-0.4, -0.2) is 29.0 Å². The Bertz CT molecular complexity index is 408. The molecule has 112 valence electrons. The average Bonchev–Trinajstić information content (AvgIpc) is 2.93. The number of carbonyl (C=O) groups is 1. The molecule has 1 aromatic heterocycles. The van der Waals surface area contributed by atoms with Crippen LogP contribution in [0.1, 0.15) is 38.4 Å². The van der Waals surface area contributed by atoms with Crippen LogP contribution < -0.4 is 0 Å². The molecule has 0 saturated heterocycles. The molecule has 0 radical (unpaired) electrons. The second kappa shape index (κ2) is 7.18. The van der Waals surface area contributed by atoms with Gasteiger partial charge in [-0.15, -0.1) is 0 Å². The van der Waals surface area contributed by atoms with Gasteiger partial charge in [0, 0.05) is 5.75 Å². The first-order chi connectivity index (χ1) is 9.63. The molecule has 0 amide bonds. The van der Waals surface area contributed by atoms with Crippen molar-refractivity contribution in [3.63, 3.8) is 0 Å². The first-order valence-electron chi connectivity index (χ1n) is 7.12. The lowest BCUT2D eigenvalue weighted by molar-refractivity contribution is -0.150. The van der Waals surface area contributed by atoms with Crippen molar-refractivity contribution < 1.29 is 19.1 Å². The number of hydrogen-bond acceptors (Lipinski definition) is 5. The van der Waals surface area contributed by atoms with Crippen molar-refractivity contribution in [2.75, 3.05) is 12.4 Å². The number of ether oxygens (including phenoxy) is 1. The fourth-order valence-corrected chi connectivity index (χ4v) is 3.67. The topological polar surface area (TPSA) is 59.7 Å². The Morgan fingerprint density at radius 3 is 2.90 bits per heavy atom. The van der Waals surface area contributed by atoms with Crippen LogP contribution in [0.25, 0.3) is 0 Å². The minimum absolute atomic E-state index is 0.0368. The Kier molecular flexibility index (Phi) is 5.54. The first kappa shape index (κ1) is 15.4. The van der Waals surface area contributed by atoms with Gasteiger partial charge >= 0.3 is 5.97 Å². The van der Waals surface area contributed by atoms with Crippen LogP contribution in [0.15, 0.2) is 22.8 Å². The average molecular weight is 298 g/mol. The molecule has 2 rings (SSSR count). The van der Waals surface area contributed by atoms with Gasteiger partial charge in [-0.25, -0.2) is 0 Å². The molecule has 4 nitrogen and oxygen atoms in total. The lowest BCUT2D eigenvalue weighted by Crippen LogP contribution is -2.38. The van der Waals surface area contributed by atoms with E-state index in [1.807, 2.05) is 19.1 Å². The van der Waals surface area contributed by atoms with E-state index < -0.39 is 5.60 Å². The van der Waals surface area contributed by atoms with Gasteiger partial charge in [0.1, 0.15) is 5.76 Å². The highest BCUT2D eigenvalue weighted by Crippen LogP contribution is 2.35. The highest BCUT2D eigenvalue weighted by molar-refractivity contribution is 7.98. The van der Waals surface area contributed by atoms with Crippen LogP contribution in [0.2, 0.25) is 0 Å². The molecular formula is C15H22O4S. The van der Waals surface area contributed by atoms with Crippen molar-refractivity contribution >= 4 is 17.7 Å². The first-order valence-corrected chi connectivity index (χ1v) is 8.27. The number of aliphatic hydroxyl groups is 1. The third-order valence-corrected chi connectivity index (χ3v) is 4.96. The Morgan fingerprint density at radius 2 is 2.30 bits per heavy atom. The fraction of sp³-hybridized carbons (Fsp3) is 0.667. The van der Waals surface area contributed by atoms with Crippen LogP contribution in [0.5, 0.6) is 0 Å². The van der Waals surface area contributed by atoms with Crippen LogP contribution in [-0.2, 0) is 15.3 Å². The van der Waals surface area contributed by atoms with Gasteiger partial charge in [-0.2, -0.15) is 11.8 Å². The summed E-state index contributed by atoms with van der Waals surface area (Å²) >= 11 is 1.68. The second-order valence-electron chi connectivity index (χ2n) is 5.32. The van der Waals surface area contributed by atoms with Crippen molar-refractivity contribution in [2.45, 2.75) is 44.0 Å². The zero-order valence-corrected chi connectivity index (χ0v) is 12.7. The van der Waals surface area contributed by atoms with Crippen molar-refractivity contribution in [1.29, 1.82) is 0 Å². The van der Waals surface area contributed by atoms with E-state index in [2.05, 4.69) is 0 Å². The number of carbonyl (C=O) groups excluding carboxylic acids is 1. The van der Waals surface area contributed by atoms with E-state index in [1.165, 1.54) is 0 Å². The Hall–Kier alpha value is -0.940. The number of thioether (sulfide) groups is 1. The van der Waals surface area contributed by atoms with Crippen molar-refractivity contribution in [1.82, 2.24) is 0 Å². The maximum atomic E-state index is 11.7. The summed E-state index contributed by atoms with van der Waals surface area (Å²) in [5.74, 6) is 2.24. The van der Waals surface area contributed by atoms with E-state index >= 15 is 0 Å². The molecule has 0 bridgehead atoms. The van der Waals surface area contributed by atoms with Crippen molar-refractivity contribution in [2.24, 2.45) is 5.92 Å². The molecule has 0 aromatic carbocycles. The van der Waals surface area contributed by atoms with E-state index in [4.69, 9.17) is 9.15 Å². The lowest BCUT2D eigenvalue weighted by Gasteiger charge is -2.34. The zero-order valence-electron chi connectivity index (χ0n) is 11.8. The predicted molar refractivity (Wildman–Crippen MR) is 78.4 cm³/mol. The molecule has 1 N–H and O–H groups in total. The lowest BCUT2D eigenvalue weighted by atomic mass is 9.80. The fourth-order valence-electron chi connectivity index (χ4n) is 2.53. The Morgan fingerprint density at radius 1 is 1.55 bits per heavy atom. The van der Waals surface area contributed by atoms with Crippen molar-refractivity contribution in [3.8, 4) is 0 Å². The Labute approximate surface area is 123 Å². The maximum absolute atomic E-state index is 11.7. The summed E-state index contributed by atoms with van der Waals surface area (Å²) < 4.78 is 10.3. The van der Waals surface area contributed by atoms with Gasteiger partial charge in [0.2, 0.25) is 0 Å². The van der Waals surface area contributed by atoms with E-state index in [0.29, 0.717) is 25.2 Å². The van der Waals surface area contributed by atoms with Gasteiger partial charge in [0.25, 0.3) is 0 Å². The van der Waals surface area contributed by atoms with Gasteiger partial charge in [0.15, 0.2) is 0 Å². The van der Waals surface area contributed by atoms with Crippen LogP contribution in [0, 0.1) is 5.92 Å². The molecular weight excluding hydrogens is 276 g/mol. The highest BCUT2D eigenvalue weighted by Gasteiger charge is 2.36. The molecule has 1 fully saturated rings. The molecule has 1 aliphatic rings. The standard InChI is InChI=1S/C15H22O4S/c1-2-18-14(16)12-5-7-15(17,8-6-12)11-20-10-13-4-3-9-19-13/h3-4,9,12,17H,2,5-8,10-11H2,1H3.